The Balaban J connectivity index is 1.50. The molecular formula is C24H29N3O4S. The number of carbonyl (C=O) groups is 1. The number of aromatic nitrogens is 3. The average molecular weight is 456 g/mol. The van der Waals surface area contributed by atoms with E-state index in [9.17, 15) is 4.79 Å². The summed E-state index contributed by atoms with van der Waals surface area (Å²) < 4.78 is 20.8. The molecule has 0 aliphatic carbocycles. The first kappa shape index (κ1) is 22.5. The third-order valence-electron chi connectivity index (χ3n) is 5.70. The van der Waals surface area contributed by atoms with Crippen LogP contribution in [0.2, 0.25) is 0 Å². The molecule has 0 saturated carbocycles. The lowest BCUT2D eigenvalue weighted by Gasteiger charge is -2.19. The minimum absolute atomic E-state index is 0.110. The number of ketones is 1. The van der Waals surface area contributed by atoms with E-state index in [0.717, 1.165) is 58.0 Å². The van der Waals surface area contributed by atoms with Crippen molar-refractivity contribution in [1.29, 1.82) is 0 Å². The molecule has 0 radical (unpaired) electrons. The molecule has 7 nitrogen and oxygen atoms in total. The van der Waals surface area contributed by atoms with Gasteiger partial charge < -0.3 is 23.3 Å². The lowest BCUT2D eigenvalue weighted by molar-refractivity contribution is 0.102. The van der Waals surface area contributed by atoms with Crippen molar-refractivity contribution in [3.63, 3.8) is 0 Å². The predicted octanol–water partition coefficient (Wildman–Crippen LogP) is 4.38. The minimum Gasteiger partial charge on any atom is -0.486 e. The lowest BCUT2D eigenvalue weighted by Crippen LogP contribution is -2.15. The Morgan fingerprint density at radius 1 is 1.16 bits per heavy atom. The maximum atomic E-state index is 13.0. The zero-order valence-corrected chi connectivity index (χ0v) is 19.8. The number of ether oxygens (including phenoxy) is 3. The van der Waals surface area contributed by atoms with Crippen LogP contribution >= 0.6 is 11.8 Å². The molecule has 0 N–H and O–H groups in total. The van der Waals surface area contributed by atoms with E-state index in [0.29, 0.717) is 25.6 Å². The maximum Gasteiger partial charge on any atom is 0.175 e. The van der Waals surface area contributed by atoms with Gasteiger partial charge in [-0.3, -0.25) is 4.79 Å². The van der Waals surface area contributed by atoms with Crippen molar-refractivity contribution in [2.24, 2.45) is 0 Å². The fourth-order valence-corrected chi connectivity index (χ4v) is 4.96. The van der Waals surface area contributed by atoms with Crippen LogP contribution in [-0.2, 0) is 17.8 Å². The number of imidazole rings is 1. The third kappa shape index (κ3) is 4.42. The van der Waals surface area contributed by atoms with E-state index in [2.05, 4.69) is 21.0 Å². The van der Waals surface area contributed by atoms with Gasteiger partial charge in [-0.05, 0) is 45.0 Å². The molecule has 1 aliphatic heterocycles. The highest BCUT2D eigenvalue weighted by atomic mass is 32.2. The SMILES string of the molecule is CCn1c(-c2ccc3c(c2)OCCO3)cnc1SCC(=O)c1cc(C)n(CCOC)c1C. The molecule has 0 saturated heterocycles. The van der Waals surface area contributed by atoms with Crippen LogP contribution in [0, 0.1) is 13.8 Å². The first-order valence-corrected chi connectivity index (χ1v) is 11.8. The fraction of sp³-hybridized carbons (Fsp3) is 0.417. The van der Waals surface area contributed by atoms with Gasteiger partial charge in [0.05, 0.1) is 24.3 Å². The summed E-state index contributed by atoms with van der Waals surface area (Å²) in [6.45, 7) is 9.35. The number of rotatable bonds is 9. The molecule has 170 valence electrons. The summed E-state index contributed by atoms with van der Waals surface area (Å²) in [5.74, 6) is 1.97. The molecular weight excluding hydrogens is 426 g/mol. The van der Waals surface area contributed by atoms with Gasteiger partial charge >= 0.3 is 0 Å². The molecule has 1 aliphatic rings. The molecule has 4 rings (SSSR count). The van der Waals surface area contributed by atoms with Gasteiger partial charge in [0.2, 0.25) is 0 Å². The van der Waals surface area contributed by atoms with Crippen molar-refractivity contribution in [2.75, 3.05) is 32.7 Å². The second kappa shape index (κ2) is 9.83. The van der Waals surface area contributed by atoms with Crippen molar-refractivity contribution in [1.82, 2.24) is 14.1 Å². The largest absolute Gasteiger partial charge is 0.486 e. The molecule has 0 amide bonds. The van der Waals surface area contributed by atoms with Gasteiger partial charge in [-0.15, -0.1) is 0 Å². The number of nitrogens with zero attached hydrogens (tertiary/aromatic N) is 3. The molecule has 32 heavy (non-hydrogen) atoms. The number of aryl methyl sites for hydroxylation is 1. The van der Waals surface area contributed by atoms with Crippen molar-refractivity contribution >= 4 is 17.5 Å². The van der Waals surface area contributed by atoms with Crippen LogP contribution in [0.5, 0.6) is 11.5 Å². The summed E-state index contributed by atoms with van der Waals surface area (Å²) in [6.07, 6.45) is 1.86. The van der Waals surface area contributed by atoms with Gasteiger partial charge in [0, 0.05) is 42.7 Å². The number of hydrogen-bond acceptors (Lipinski definition) is 6. The van der Waals surface area contributed by atoms with Gasteiger partial charge in [-0.25, -0.2) is 4.98 Å². The topological polar surface area (TPSA) is 67.5 Å². The van der Waals surface area contributed by atoms with Crippen molar-refractivity contribution in [3.8, 4) is 22.8 Å². The fourth-order valence-electron chi connectivity index (χ4n) is 4.03. The quantitative estimate of drug-likeness (QED) is 0.352. The standard InChI is InChI=1S/C24H29N3O4S/c1-5-26-20(18-6-7-22-23(13-18)31-11-10-30-22)14-25-24(26)32-15-21(28)19-12-16(2)27(17(19)3)8-9-29-4/h6-7,12-14H,5,8-11,15H2,1-4H3. The summed E-state index contributed by atoms with van der Waals surface area (Å²) >= 11 is 1.47. The van der Waals surface area contributed by atoms with E-state index in [1.165, 1.54) is 11.8 Å². The number of Topliss-reactive ketones (excluding diaryl/α,β-unsaturated/α-hetero) is 1. The number of benzene rings is 1. The van der Waals surface area contributed by atoms with E-state index in [1.54, 1.807) is 7.11 Å². The number of carbonyl (C=O) groups excluding carboxylic acids is 1. The zero-order valence-electron chi connectivity index (χ0n) is 19.0. The van der Waals surface area contributed by atoms with Gasteiger partial charge in [-0.2, -0.15) is 0 Å². The number of thioether (sulfide) groups is 1. The van der Waals surface area contributed by atoms with E-state index >= 15 is 0 Å². The molecule has 0 spiro atoms. The summed E-state index contributed by atoms with van der Waals surface area (Å²) in [7, 11) is 1.69. The molecule has 2 aromatic heterocycles. The summed E-state index contributed by atoms with van der Waals surface area (Å²) in [4.78, 5) is 17.6. The predicted molar refractivity (Wildman–Crippen MR) is 125 cm³/mol. The van der Waals surface area contributed by atoms with Crippen LogP contribution in [0.4, 0.5) is 0 Å². The highest BCUT2D eigenvalue weighted by Gasteiger charge is 2.19. The second-order valence-electron chi connectivity index (χ2n) is 7.67. The zero-order chi connectivity index (χ0) is 22.7. The number of fused-ring (bicyclic) bond motifs is 1. The smallest absolute Gasteiger partial charge is 0.175 e. The third-order valence-corrected chi connectivity index (χ3v) is 6.69. The summed E-state index contributed by atoms with van der Waals surface area (Å²) in [6, 6.07) is 7.92. The molecule has 8 heteroatoms. The van der Waals surface area contributed by atoms with Crippen LogP contribution in [-0.4, -0.2) is 52.6 Å². The highest BCUT2D eigenvalue weighted by molar-refractivity contribution is 7.99. The van der Waals surface area contributed by atoms with E-state index < -0.39 is 0 Å². The monoisotopic (exact) mass is 455 g/mol. The Labute approximate surface area is 192 Å². The normalized spacial score (nSPS) is 12.9. The Morgan fingerprint density at radius 2 is 1.94 bits per heavy atom. The van der Waals surface area contributed by atoms with Gasteiger partial charge in [0.15, 0.2) is 22.4 Å². The van der Waals surface area contributed by atoms with Crippen LogP contribution in [0.1, 0.15) is 28.7 Å². The molecule has 3 aromatic rings. The molecule has 0 bridgehead atoms. The molecule has 0 atom stereocenters. The molecule has 3 heterocycles. The van der Waals surface area contributed by atoms with Gasteiger partial charge in [0.25, 0.3) is 0 Å². The minimum atomic E-state index is 0.110. The Morgan fingerprint density at radius 3 is 2.69 bits per heavy atom. The van der Waals surface area contributed by atoms with Crippen LogP contribution in [0.15, 0.2) is 35.6 Å². The summed E-state index contributed by atoms with van der Waals surface area (Å²) in [5, 5.41) is 0.832. The Bertz CT molecular complexity index is 1120. The Kier molecular flexibility index (Phi) is 6.91. The molecule has 0 fully saturated rings. The maximum absolute atomic E-state index is 13.0. The molecule has 1 aromatic carbocycles. The van der Waals surface area contributed by atoms with E-state index in [1.807, 2.05) is 44.3 Å². The van der Waals surface area contributed by atoms with Gasteiger partial charge in [0.1, 0.15) is 13.2 Å². The van der Waals surface area contributed by atoms with Crippen LogP contribution in [0.3, 0.4) is 0 Å². The van der Waals surface area contributed by atoms with Crippen molar-refractivity contribution < 1.29 is 19.0 Å². The average Bonchev–Trinajstić information content (AvgIpc) is 3.35. The van der Waals surface area contributed by atoms with Crippen LogP contribution < -0.4 is 9.47 Å². The first-order chi connectivity index (χ1) is 15.5. The van der Waals surface area contributed by atoms with Crippen LogP contribution in [0.25, 0.3) is 11.3 Å². The second-order valence-corrected chi connectivity index (χ2v) is 8.61. The Hall–Kier alpha value is -2.71. The first-order valence-electron chi connectivity index (χ1n) is 10.8. The van der Waals surface area contributed by atoms with Crippen molar-refractivity contribution in [3.05, 3.63) is 47.4 Å². The van der Waals surface area contributed by atoms with E-state index in [4.69, 9.17) is 14.2 Å². The number of methoxy groups -OCH3 is 1. The molecule has 0 unspecified atom stereocenters. The highest BCUT2D eigenvalue weighted by Crippen LogP contribution is 2.35. The van der Waals surface area contributed by atoms with E-state index in [-0.39, 0.29) is 5.78 Å². The van der Waals surface area contributed by atoms with Gasteiger partial charge in [-0.1, -0.05) is 11.8 Å². The summed E-state index contributed by atoms with van der Waals surface area (Å²) in [5.41, 5.74) is 4.85. The number of hydrogen-bond donors (Lipinski definition) is 0. The van der Waals surface area contributed by atoms with Crippen molar-refractivity contribution in [2.45, 2.75) is 39.0 Å². The lowest BCUT2D eigenvalue weighted by atomic mass is 10.1.